The number of hydrogen-bond acceptors (Lipinski definition) is 3. The van der Waals surface area contributed by atoms with Gasteiger partial charge in [0.15, 0.2) is 0 Å². The summed E-state index contributed by atoms with van der Waals surface area (Å²) in [6.45, 7) is 1.77. The monoisotopic (exact) mass is 306 g/mol. The fourth-order valence-electron chi connectivity index (χ4n) is 2.31. The third kappa shape index (κ3) is 3.69. The largest absolute Gasteiger partial charge is 0.497 e. The van der Waals surface area contributed by atoms with Crippen molar-refractivity contribution in [3.8, 4) is 11.5 Å². The lowest BCUT2D eigenvalue weighted by Gasteiger charge is -2.25. The van der Waals surface area contributed by atoms with E-state index in [2.05, 4.69) is 0 Å². The molecule has 0 aliphatic rings. The molecule has 21 heavy (non-hydrogen) atoms. The van der Waals surface area contributed by atoms with Crippen LogP contribution in [0.2, 0.25) is 5.02 Å². The Kier molecular flexibility index (Phi) is 4.76. The maximum absolute atomic E-state index is 10.8. The summed E-state index contributed by atoms with van der Waals surface area (Å²) < 4.78 is 10.5. The van der Waals surface area contributed by atoms with Gasteiger partial charge in [-0.25, -0.2) is 0 Å². The fourth-order valence-corrected chi connectivity index (χ4v) is 2.50. The summed E-state index contributed by atoms with van der Waals surface area (Å²) in [6.07, 6.45) is 0.406. The van der Waals surface area contributed by atoms with E-state index in [9.17, 15) is 5.11 Å². The van der Waals surface area contributed by atoms with Crippen molar-refractivity contribution in [3.05, 3.63) is 58.6 Å². The molecule has 0 aliphatic heterocycles. The van der Waals surface area contributed by atoms with Crippen LogP contribution in [-0.4, -0.2) is 19.3 Å². The van der Waals surface area contributed by atoms with Gasteiger partial charge < -0.3 is 14.6 Å². The van der Waals surface area contributed by atoms with Crippen molar-refractivity contribution < 1.29 is 14.6 Å². The van der Waals surface area contributed by atoms with Gasteiger partial charge in [0.1, 0.15) is 11.5 Å². The summed E-state index contributed by atoms with van der Waals surface area (Å²) in [7, 11) is 3.22. The van der Waals surface area contributed by atoms with Crippen molar-refractivity contribution >= 4 is 11.6 Å². The molecule has 3 nitrogen and oxygen atoms in total. The van der Waals surface area contributed by atoms with Crippen LogP contribution >= 0.6 is 11.6 Å². The Labute approximate surface area is 130 Å². The topological polar surface area (TPSA) is 38.7 Å². The zero-order valence-corrected chi connectivity index (χ0v) is 13.1. The van der Waals surface area contributed by atoms with Gasteiger partial charge in [0.2, 0.25) is 0 Å². The molecule has 2 rings (SSSR count). The first-order valence-corrected chi connectivity index (χ1v) is 7.03. The van der Waals surface area contributed by atoms with Crippen LogP contribution in [0.5, 0.6) is 11.5 Å². The highest BCUT2D eigenvalue weighted by Gasteiger charge is 2.25. The van der Waals surface area contributed by atoms with E-state index >= 15 is 0 Å². The lowest BCUT2D eigenvalue weighted by Crippen LogP contribution is -2.24. The molecule has 0 radical (unpaired) electrons. The molecule has 1 unspecified atom stereocenters. The van der Waals surface area contributed by atoms with Crippen LogP contribution < -0.4 is 9.47 Å². The number of ether oxygens (including phenoxy) is 2. The summed E-state index contributed by atoms with van der Waals surface area (Å²) in [5.41, 5.74) is 0.653. The first kappa shape index (κ1) is 15.7. The molecule has 2 aromatic carbocycles. The Morgan fingerprint density at radius 2 is 1.71 bits per heavy atom. The molecule has 0 amide bonds. The molecule has 112 valence electrons. The Balaban J connectivity index is 2.29. The van der Waals surface area contributed by atoms with E-state index in [4.69, 9.17) is 21.1 Å². The SMILES string of the molecule is COc1ccc(C(C)(O)Cc2cc(Cl)ccc2OC)cc1. The number of halogens is 1. The van der Waals surface area contributed by atoms with Crippen LogP contribution in [0.1, 0.15) is 18.1 Å². The molecule has 0 aliphatic carbocycles. The summed E-state index contributed by atoms with van der Waals surface area (Å²) in [5.74, 6) is 1.48. The van der Waals surface area contributed by atoms with Crippen LogP contribution in [0.3, 0.4) is 0 Å². The normalized spacial score (nSPS) is 13.6. The van der Waals surface area contributed by atoms with Gasteiger partial charge in [-0.05, 0) is 48.4 Å². The molecule has 0 fully saturated rings. The summed E-state index contributed by atoms with van der Waals surface area (Å²) in [6, 6.07) is 12.8. The molecule has 1 N–H and O–H groups in total. The van der Waals surface area contributed by atoms with Crippen LogP contribution in [0.4, 0.5) is 0 Å². The van der Waals surface area contributed by atoms with Gasteiger partial charge in [0.05, 0.1) is 19.8 Å². The predicted molar refractivity (Wildman–Crippen MR) is 84.3 cm³/mol. The van der Waals surface area contributed by atoms with Crippen molar-refractivity contribution in [3.63, 3.8) is 0 Å². The second-order valence-corrected chi connectivity index (χ2v) is 5.57. The van der Waals surface area contributed by atoms with E-state index in [-0.39, 0.29) is 0 Å². The van der Waals surface area contributed by atoms with Crippen molar-refractivity contribution in [2.24, 2.45) is 0 Å². The molecular formula is C17H19ClO3. The second-order valence-electron chi connectivity index (χ2n) is 5.14. The predicted octanol–water partition coefficient (Wildman–Crippen LogP) is 3.81. The summed E-state index contributed by atoms with van der Waals surface area (Å²) in [4.78, 5) is 0. The number of methoxy groups -OCH3 is 2. The lowest BCUT2D eigenvalue weighted by molar-refractivity contribution is 0.0569. The number of aliphatic hydroxyl groups is 1. The van der Waals surface area contributed by atoms with Gasteiger partial charge in [0, 0.05) is 11.4 Å². The minimum absolute atomic E-state index is 0.406. The molecular weight excluding hydrogens is 288 g/mol. The van der Waals surface area contributed by atoms with E-state index in [1.165, 1.54) is 0 Å². The molecule has 1 atom stereocenters. The maximum atomic E-state index is 10.8. The molecule has 0 saturated carbocycles. The molecule has 2 aromatic rings. The van der Waals surface area contributed by atoms with Crippen molar-refractivity contribution in [1.29, 1.82) is 0 Å². The fraction of sp³-hybridized carbons (Fsp3) is 0.294. The quantitative estimate of drug-likeness (QED) is 0.913. The summed E-state index contributed by atoms with van der Waals surface area (Å²) in [5, 5.41) is 11.4. The number of hydrogen-bond donors (Lipinski definition) is 1. The number of benzene rings is 2. The van der Waals surface area contributed by atoms with Gasteiger partial charge in [-0.15, -0.1) is 0 Å². The standard InChI is InChI=1S/C17H19ClO3/c1-17(19,13-4-7-15(20-2)8-5-13)11-12-10-14(18)6-9-16(12)21-3/h4-10,19H,11H2,1-3H3. The third-order valence-electron chi connectivity index (χ3n) is 3.49. The lowest BCUT2D eigenvalue weighted by atomic mass is 9.88. The van der Waals surface area contributed by atoms with Crippen molar-refractivity contribution in [1.82, 2.24) is 0 Å². The molecule has 0 saturated heterocycles. The molecule has 0 aromatic heterocycles. The molecule has 4 heteroatoms. The summed E-state index contributed by atoms with van der Waals surface area (Å²) >= 11 is 6.03. The minimum atomic E-state index is -1.02. The van der Waals surface area contributed by atoms with Crippen LogP contribution in [0, 0.1) is 0 Å². The third-order valence-corrected chi connectivity index (χ3v) is 3.72. The average molecular weight is 307 g/mol. The Bertz CT molecular complexity index is 606. The van der Waals surface area contributed by atoms with E-state index in [0.717, 1.165) is 16.9 Å². The van der Waals surface area contributed by atoms with E-state index < -0.39 is 5.60 Å². The van der Waals surface area contributed by atoms with Gasteiger partial charge >= 0.3 is 0 Å². The Hall–Kier alpha value is -1.71. The van der Waals surface area contributed by atoms with Gasteiger partial charge in [-0.1, -0.05) is 23.7 Å². The smallest absolute Gasteiger partial charge is 0.122 e. The van der Waals surface area contributed by atoms with E-state index in [0.29, 0.717) is 17.2 Å². The molecule has 0 bridgehead atoms. The maximum Gasteiger partial charge on any atom is 0.122 e. The van der Waals surface area contributed by atoms with Crippen LogP contribution in [0.25, 0.3) is 0 Å². The Morgan fingerprint density at radius 3 is 2.29 bits per heavy atom. The minimum Gasteiger partial charge on any atom is -0.497 e. The average Bonchev–Trinajstić information content (AvgIpc) is 2.47. The van der Waals surface area contributed by atoms with E-state index in [1.54, 1.807) is 27.2 Å². The van der Waals surface area contributed by atoms with Crippen molar-refractivity contribution in [2.75, 3.05) is 14.2 Å². The first-order valence-electron chi connectivity index (χ1n) is 6.65. The van der Waals surface area contributed by atoms with E-state index in [1.807, 2.05) is 36.4 Å². The van der Waals surface area contributed by atoms with Crippen LogP contribution in [0.15, 0.2) is 42.5 Å². The Morgan fingerprint density at radius 1 is 1.05 bits per heavy atom. The second kappa shape index (κ2) is 6.37. The first-order chi connectivity index (χ1) is 9.96. The zero-order valence-electron chi connectivity index (χ0n) is 12.4. The molecule has 0 heterocycles. The number of rotatable bonds is 5. The highest BCUT2D eigenvalue weighted by Crippen LogP contribution is 2.32. The van der Waals surface area contributed by atoms with Gasteiger partial charge in [-0.3, -0.25) is 0 Å². The van der Waals surface area contributed by atoms with Gasteiger partial charge in [-0.2, -0.15) is 0 Å². The van der Waals surface area contributed by atoms with Gasteiger partial charge in [0.25, 0.3) is 0 Å². The zero-order chi connectivity index (χ0) is 15.5. The van der Waals surface area contributed by atoms with Crippen LogP contribution in [-0.2, 0) is 12.0 Å². The highest BCUT2D eigenvalue weighted by molar-refractivity contribution is 6.30. The molecule has 0 spiro atoms. The van der Waals surface area contributed by atoms with Crippen molar-refractivity contribution in [2.45, 2.75) is 18.9 Å². The highest BCUT2D eigenvalue weighted by atomic mass is 35.5.